The van der Waals surface area contributed by atoms with Gasteiger partial charge in [0, 0.05) is 6.54 Å². The summed E-state index contributed by atoms with van der Waals surface area (Å²) in [6.45, 7) is 0.588. The monoisotopic (exact) mass is 274 g/mol. The summed E-state index contributed by atoms with van der Waals surface area (Å²) in [6.07, 6.45) is 1.41. The van der Waals surface area contributed by atoms with Crippen LogP contribution in [0.5, 0.6) is 0 Å². The minimum atomic E-state index is -0.284. The average Bonchev–Trinajstić information content (AvgIpc) is 2.16. The molecule has 0 saturated heterocycles. The van der Waals surface area contributed by atoms with E-state index in [9.17, 15) is 4.79 Å². The van der Waals surface area contributed by atoms with E-state index in [-0.39, 0.29) is 42.8 Å². The molecule has 8 heteroatoms. The molecule has 16 heavy (non-hydrogen) atoms. The number of likely N-dealkylation sites (N-methyl/N-ethyl adjacent to an activating group) is 1. The zero-order valence-corrected chi connectivity index (χ0v) is 11.0. The molecule has 0 aromatic carbocycles. The van der Waals surface area contributed by atoms with Gasteiger partial charge in [0.15, 0.2) is 5.96 Å². The van der Waals surface area contributed by atoms with Gasteiger partial charge in [-0.05, 0) is 19.9 Å². The van der Waals surface area contributed by atoms with Crippen LogP contribution in [0.25, 0.3) is 0 Å². The molecular formula is C8H20Cl2N4O2. The molecule has 1 atom stereocenters. The van der Waals surface area contributed by atoms with E-state index in [1.165, 1.54) is 7.11 Å². The summed E-state index contributed by atoms with van der Waals surface area (Å²) in [5.74, 6) is -0.320. The molecule has 0 amide bonds. The number of hydrogen-bond acceptors (Lipinski definition) is 4. The number of carbonyl (C=O) groups is 1. The second-order valence-electron chi connectivity index (χ2n) is 2.85. The van der Waals surface area contributed by atoms with Crippen molar-refractivity contribution in [1.29, 1.82) is 5.41 Å². The van der Waals surface area contributed by atoms with Crippen LogP contribution in [-0.2, 0) is 9.53 Å². The molecule has 0 heterocycles. The summed E-state index contributed by atoms with van der Waals surface area (Å²) in [6, 6.07) is -0.284. The minimum absolute atomic E-state index is 0. The first-order valence-corrected chi connectivity index (χ1v) is 4.44. The van der Waals surface area contributed by atoms with Gasteiger partial charge in [-0.3, -0.25) is 10.2 Å². The lowest BCUT2D eigenvalue weighted by atomic mass is 10.1. The smallest absolute Gasteiger partial charge is 0.322 e. The van der Waals surface area contributed by atoms with Crippen molar-refractivity contribution in [2.24, 2.45) is 5.73 Å². The van der Waals surface area contributed by atoms with Gasteiger partial charge in [0.1, 0.15) is 6.04 Å². The van der Waals surface area contributed by atoms with Gasteiger partial charge in [-0.1, -0.05) is 0 Å². The highest BCUT2D eigenvalue weighted by Gasteiger charge is 2.15. The van der Waals surface area contributed by atoms with Crippen LogP contribution in [0.2, 0.25) is 0 Å². The third-order valence-electron chi connectivity index (χ3n) is 1.82. The lowest BCUT2D eigenvalue weighted by Gasteiger charge is -2.13. The molecule has 0 aromatic rings. The molecule has 5 N–H and O–H groups in total. The van der Waals surface area contributed by atoms with E-state index in [1.54, 1.807) is 7.05 Å². The van der Waals surface area contributed by atoms with E-state index in [4.69, 9.17) is 11.1 Å². The Labute approximate surface area is 108 Å². The normalized spacial score (nSPS) is 10.4. The number of nitrogens with two attached hydrogens (primary N) is 1. The lowest BCUT2D eigenvalue weighted by Crippen LogP contribution is -2.36. The maximum absolute atomic E-state index is 11.1. The van der Waals surface area contributed by atoms with Gasteiger partial charge in [0.25, 0.3) is 0 Å². The van der Waals surface area contributed by atoms with Crippen molar-refractivity contribution in [3.63, 3.8) is 0 Å². The van der Waals surface area contributed by atoms with E-state index in [0.717, 1.165) is 6.42 Å². The number of hydrogen-bond donors (Lipinski definition) is 4. The number of halogens is 2. The topological polar surface area (TPSA) is 100 Å². The highest BCUT2D eigenvalue weighted by Crippen LogP contribution is 1.97. The lowest BCUT2D eigenvalue weighted by molar-refractivity contribution is -0.143. The van der Waals surface area contributed by atoms with Gasteiger partial charge in [-0.25, -0.2) is 0 Å². The number of rotatable bonds is 6. The van der Waals surface area contributed by atoms with Gasteiger partial charge in [-0.2, -0.15) is 0 Å². The molecule has 0 radical (unpaired) electrons. The summed E-state index contributed by atoms with van der Waals surface area (Å²) in [5, 5.41) is 12.4. The van der Waals surface area contributed by atoms with Gasteiger partial charge < -0.3 is 21.1 Å². The van der Waals surface area contributed by atoms with E-state index in [1.807, 2.05) is 0 Å². The first-order chi connectivity index (χ1) is 6.61. The van der Waals surface area contributed by atoms with Crippen molar-refractivity contribution in [2.45, 2.75) is 18.9 Å². The summed E-state index contributed by atoms with van der Waals surface area (Å²) < 4.78 is 4.59. The molecular weight excluding hydrogens is 255 g/mol. The molecule has 0 aliphatic rings. The van der Waals surface area contributed by atoms with Crippen molar-refractivity contribution in [3.05, 3.63) is 0 Å². The number of nitrogens with one attached hydrogen (secondary N) is 3. The molecule has 0 bridgehead atoms. The van der Waals surface area contributed by atoms with Crippen molar-refractivity contribution >= 4 is 36.7 Å². The molecule has 0 aromatic heterocycles. The molecule has 1 unspecified atom stereocenters. The van der Waals surface area contributed by atoms with Gasteiger partial charge in [0.05, 0.1) is 7.11 Å². The Hall–Kier alpha value is -0.720. The first-order valence-electron chi connectivity index (χ1n) is 4.44. The molecule has 0 rings (SSSR count). The highest BCUT2D eigenvalue weighted by molar-refractivity contribution is 5.85. The van der Waals surface area contributed by atoms with Crippen LogP contribution in [0.15, 0.2) is 0 Å². The highest BCUT2D eigenvalue weighted by atomic mass is 35.5. The Morgan fingerprint density at radius 2 is 2.06 bits per heavy atom. The number of methoxy groups -OCH3 is 1. The summed E-state index contributed by atoms with van der Waals surface area (Å²) in [7, 11) is 3.07. The number of esters is 1. The van der Waals surface area contributed by atoms with Crippen LogP contribution >= 0.6 is 24.8 Å². The van der Waals surface area contributed by atoms with Crippen LogP contribution in [0, 0.1) is 5.41 Å². The predicted molar refractivity (Wildman–Crippen MR) is 68.5 cm³/mol. The van der Waals surface area contributed by atoms with Gasteiger partial charge in [-0.15, -0.1) is 24.8 Å². The molecule has 0 aliphatic carbocycles. The fraction of sp³-hybridized carbons (Fsp3) is 0.750. The molecule has 0 spiro atoms. The standard InChI is InChI=1S/C8H18N4O2.2ClH/c1-11-6(7(13)14-2)4-3-5-12-8(9)10;;/h6,11H,3-5H2,1-2H3,(H4,9,10,12);2*1H. The Morgan fingerprint density at radius 3 is 2.44 bits per heavy atom. The second kappa shape index (κ2) is 12.4. The minimum Gasteiger partial charge on any atom is -0.468 e. The summed E-state index contributed by atoms with van der Waals surface area (Å²) in [5.41, 5.74) is 5.09. The zero-order valence-electron chi connectivity index (χ0n) is 9.41. The fourth-order valence-corrected chi connectivity index (χ4v) is 1.05. The molecule has 6 nitrogen and oxygen atoms in total. The van der Waals surface area contributed by atoms with Crippen molar-refractivity contribution in [3.8, 4) is 0 Å². The first kappa shape index (κ1) is 20.7. The van der Waals surface area contributed by atoms with Crippen LogP contribution in [-0.4, -0.2) is 38.7 Å². The Morgan fingerprint density at radius 1 is 1.50 bits per heavy atom. The SMILES string of the molecule is CNC(CCCNC(=N)N)C(=O)OC.Cl.Cl. The van der Waals surface area contributed by atoms with Crippen molar-refractivity contribution in [1.82, 2.24) is 10.6 Å². The quantitative estimate of drug-likeness (QED) is 0.234. The zero-order chi connectivity index (χ0) is 11.0. The van der Waals surface area contributed by atoms with Crippen LogP contribution in [0.4, 0.5) is 0 Å². The summed E-state index contributed by atoms with van der Waals surface area (Å²) >= 11 is 0. The Bertz CT molecular complexity index is 204. The van der Waals surface area contributed by atoms with E-state index >= 15 is 0 Å². The summed E-state index contributed by atoms with van der Waals surface area (Å²) in [4.78, 5) is 11.1. The molecule has 0 saturated carbocycles. The van der Waals surface area contributed by atoms with E-state index < -0.39 is 0 Å². The van der Waals surface area contributed by atoms with Crippen LogP contribution < -0.4 is 16.4 Å². The average molecular weight is 275 g/mol. The maximum atomic E-state index is 11.1. The molecule has 0 fully saturated rings. The van der Waals surface area contributed by atoms with Crippen LogP contribution in [0.3, 0.4) is 0 Å². The molecule has 0 aliphatic heterocycles. The van der Waals surface area contributed by atoms with Gasteiger partial charge >= 0.3 is 5.97 Å². The van der Waals surface area contributed by atoms with Crippen molar-refractivity contribution < 1.29 is 9.53 Å². The molecule has 98 valence electrons. The predicted octanol–water partition coefficient (Wildman–Crippen LogP) is -0.146. The Balaban J connectivity index is -0.000000845. The van der Waals surface area contributed by atoms with E-state index in [0.29, 0.717) is 13.0 Å². The number of carbonyl (C=O) groups excluding carboxylic acids is 1. The fourth-order valence-electron chi connectivity index (χ4n) is 1.05. The van der Waals surface area contributed by atoms with E-state index in [2.05, 4.69) is 15.4 Å². The largest absolute Gasteiger partial charge is 0.468 e. The second-order valence-corrected chi connectivity index (χ2v) is 2.85. The van der Waals surface area contributed by atoms with Crippen LogP contribution in [0.1, 0.15) is 12.8 Å². The third kappa shape index (κ3) is 9.82. The number of guanidine groups is 1. The van der Waals surface area contributed by atoms with Crippen molar-refractivity contribution in [2.75, 3.05) is 20.7 Å². The maximum Gasteiger partial charge on any atom is 0.322 e. The number of ether oxygens (including phenoxy) is 1. The van der Waals surface area contributed by atoms with Gasteiger partial charge in [0.2, 0.25) is 0 Å². The Kier molecular flexibility index (Phi) is 15.9. The third-order valence-corrected chi connectivity index (χ3v) is 1.82.